The van der Waals surface area contributed by atoms with Crippen LogP contribution in [0.5, 0.6) is 0 Å². The number of rotatable bonds is 8. The number of anilines is 1. The summed E-state index contributed by atoms with van der Waals surface area (Å²) in [6, 6.07) is 18.2. The van der Waals surface area contributed by atoms with Crippen molar-refractivity contribution >= 4 is 45.8 Å². The molecule has 1 N–H and O–H groups in total. The van der Waals surface area contributed by atoms with Crippen molar-refractivity contribution < 1.29 is 14.4 Å². The van der Waals surface area contributed by atoms with E-state index in [-0.39, 0.29) is 30.7 Å². The van der Waals surface area contributed by atoms with Crippen molar-refractivity contribution in [1.29, 1.82) is 0 Å². The summed E-state index contributed by atoms with van der Waals surface area (Å²) in [5.74, 6) is -0.443. The third-order valence-corrected chi connectivity index (χ3v) is 6.50. The Morgan fingerprint density at radius 2 is 1.79 bits per heavy atom. The Kier molecular flexibility index (Phi) is 6.65. The Labute approximate surface area is 198 Å². The van der Waals surface area contributed by atoms with Crippen molar-refractivity contribution in [1.82, 2.24) is 10.2 Å². The Morgan fingerprint density at radius 1 is 1.06 bits per heavy atom. The zero-order chi connectivity index (χ0) is 23.5. The average molecular weight is 464 g/mol. The molecule has 0 saturated heterocycles. The lowest BCUT2D eigenvalue weighted by Gasteiger charge is -2.29. The van der Waals surface area contributed by atoms with Crippen molar-refractivity contribution in [3.05, 3.63) is 76.8 Å². The molecule has 0 unspecified atom stereocenters. The highest BCUT2D eigenvalue weighted by Gasteiger charge is 2.30. The number of nitrogens with zero attached hydrogens (tertiary/aromatic N) is 2. The summed E-state index contributed by atoms with van der Waals surface area (Å²) in [6.45, 7) is 2.36. The van der Waals surface area contributed by atoms with Crippen LogP contribution in [0, 0.1) is 0 Å². The maximum atomic E-state index is 13.2. The normalized spacial score (nSPS) is 13.3. The number of amides is 3. The van der Waals surface area contributed by atoms with E-state index < -0.39 is 6.04 Å². The summed E-state index contributed by atoms with van der Waals surface area (Å²) in [7, 11) is 1.55. The first-order chi connectivity index (χ1) is 15.9. The second kappa shape index (κ2) is 9.63. The summed E-state index contributed by atoms with van der Waals surface area (Å²) in [4.78, 5) is 41.7. The number of benzene rings is 3. The van der Waals surface area contributed by atoms with Crippen LogP contribution in [0.4, 0.5) is 5.69 Å². The topological polar surface area (TPSA) is 69.7 Å². The molecule has 0 radical (unpaired) electrons. The van der Waals surface area contributed by atoms with Crippen LogP contribution in [0.1, 0.15) is 35.7 Å². The van der Waals surface area contributed by atoms with E-state index in [1.165, 1.54) is 0 Å². The van der Waals surface area contributed by atoms with Crippen molar-refractivity contribution in [2.45, 2.75) is 32.4 Å². The Hall–Kier alpha value is -3.38. The van der Waals surface area contributed by atoms with Gasteiger partial charge in [0, 0.05) is 42.5 Å². The number of nitrogens with one attached hydrogen (secondary N) is 1. The maximum absolute atomic E-state index is 13.2. The zero-order valence-corrected chi connectivity index (χ0v) is 19.4. The predicted octanol–water partition coefficient (Wildman–Crippen LogP) is 4.40. The van der Waals surface area contributed by atoms with Gasteiger partial charge in [-0.25, -0.2) is 0 Å². The smallest absolute Gasteiger partial charge is 0.258 e. The molecule has 0 fully saturated rings. The van der Waals surface area contributed by atoms with E-state index in [2.05, 4.69) is 5.32 Å². The number of hydrogen-bond acceptors (Lipinski definition) is 3. The number of carbonyl (C=O) groups is 3. The van der Waals surface area contributed by atoms with Gasteiger partial charge < -0.3 is 15.1 Å². The van der Waals surface area contributed by atoms with Crippen molar-refractivity contribution in [2.75, 3.05) is 18.5 Å². The van der Waals surface area contributed by atoms with Gasteiger partial charge in [0.05, 0.1) is 5.69 Å². The SMILES string of the molecule is CNC(=O)[C@H](C)N(Cc1ccccc1Cl)C(=O)CCCN1C(=O)c2cccc3cccc1c23. The molecular formula is C26H26ClN3O3. The van der Waals surface area contributed by atoms with Gasteiger partial charge in [0.15, 0.2) is 0 Å². The Morgan fingerprint density at radius 3 is 2.52 bits per heavy atom. The van der Waals surface area contributed by atoms with Gasteiger partial charge in [-0.3, -0.25) is 14.4 Å². The molecule has 33 heavy (non-hydrogen) atoms. The van der Waals surface area contributed by atoms with E-state index in [9.17, 15) is 14.4 Å². The lowest BCUT2D eigenvalue weighted by molar-refractivity contribution is -0.140. The fourth-order valence-corrected chi connectivity index (χ4v) is 4.53. The first-order valence-corrected chi connectivity index (χ1v) is 11.4. The lowest BCUT2D eigenvalue weighted by atomic mass is 10.1. The molecule has 3 aromatic rings. The average Bonchev–Trinajstić information content (AvgIpc) is 3.10. The second-order valence-electron chi connectivity index (χ2n) is 8.14. The molecule has 0 spiro atoms. The number of hydrogen-bond donors (Lipinski definition) is 1. The molecule has 4 rings (SSSR count). The largest absolute Gasteiger partial charge is 0.357 e. The van der Waals surface area contributed by atoms with Gasteiger partial charge in [0.2, 0.25) is 11.8 Å². The molecule has 3 amide bonds. The van der Waals surface area contributed by atoms with Crippen LogP contribution in [0.15, 0.2) is 60.7 Å². The van der Waals surface area contributed by atoms with Gasteiger partial charge in [0.25, 0.3) is 5.91 Å². The van der Waals surface area contributed by atoms with Crippen LogP contribution >= 0.6 is 11.6 Å². The molecule has 1 atom stereocenters. The zero-order valence-electron chi connectivity index (χ0n) is 18.7. The van der Waals surface area contributed by atoms with Crippen molar-refractivity contribution in [2.24, 2.45) is 0 Å². The number of carbonyl (C=O) groups excluding carboxylic acids is 3. The minimum atomic E-state index is -0.648. The molecular weight excluding hydrogens is 438 g/mol. The third-order valence-electron chi connectivity index (χ3n) is 6.13. The van der Waals surface area contributed by atoms with E-state index >= 15 is 0 Å². The van der Waals surface area contributed by atoms with Gasteiger partial charge in [0.1, 0.15) is 6.04 Å². The fraction of sp³-hybridized carbons (Fsp3) is 0.269. The summed E-state index contributed by atoms with van der Waals surface area (Å²) in [5, 5.41) is 5.15. The highest BCUT2D eigenvalue weighted by molar-refractivity contribution is 6.31. The fourth-order valence-electron chi connectivity index (χ4n) is 4.33. The van der Waals surface area contributed by atoms with Crippen LogP contribution in [0.2, 0.25) is 5.02 Å². The summed E-state index contributed by atoms with van der Waals surface area (Å²) in [6.07, 6.45) is 0.691. The second-order valence-corrected chi connectivity index (χ2v) is 8.55. The molecule has 3 aromatic carbocycles. The van der Waals surface area contributed by atoms with E-state index in [0.29, 0.717) is 23.6 Å². The van der Waals surface area contributed by atoms with Gasteiger partial charge in [-0.15, -0.1) is 0 Å². The number of halogens is 1. The minimum absolute atomic E-state index is 0.0408. The molecule has 7 heteroatoms. The van der Waals surface area contributed by atoms with Gasteiger partial charge in [-0.1, -0.05) is 54.1 Å². The Balaban J connectivity index is 1.47. The van der Waals surface area contributed by atoms with Gasteiger partial charge in [-0.05, 0) is 42.5 Å². The monoisotopic (exact) mass is 463 g/mol. The molecule has 0 bridgehead atoms. The van der Waals surface area contributed by atoms with E-state index in [1.807, 2.05) is 54.6 Å². The van der Waals surface area contributed by atoms with E-state index in [1.54, 1.807) is 29.8 Å². The third kappa shape index (κ3) is 4.44. The maximum Gasteiger partial charge on any atom is 0.258 e. The van der Waals surface area contributed by atoms with E-state index in [0.717, 1.165) is 22.0 Å². The summed E-state index contributed by atoms with van der Waals surface area (Å²) >= 11 is 6.30. The molecule has 1 aliphatic rings. The molecule has 6 nitrogen and oxygen atoms in total. The van der Waals surface area contributed by atoms with Crippen LogP contribution in [0.3, 0.4) is 0 Å². The highest BCUT2D eigenvalue weighted by atomic mass is 35.5. The molecule has 1 aliphatic heterocycles. The first kappa shape index (κ1) is 22.8. The van der Waals surface area contributed by atoms with E-state index in [4.69, 9.17) is 11.6 Å². The molecule has 170 valence electrons. The number of likely N-dealkylation sites (N-methyl/N-ethyl adjacent to an activating group) is 1. The quantitative estimate of drug-likeness (QED) is 0.538. The van der Waals surface area contributed by atoms with Crippen LogP contribution < -0.4 is 10.2 Å². The predicted molar refractivity (Wildman–Crippen MR) is 130 cm³/mol. The summed E-state index contributed by atoms with van der Waals surface area (Å²) < 4.78 is 0. The first-order valence-electron chi connectivity index (χ1n) is 11.0. The molecule has 0 aromatic heterocycles. The van der Waals surface area contributed by atoms with Gasteiger partial charge >= 0.3 is 0 Å². The Bertz CT molecular complexity index is 1220. The van der Waals surface area contributed by atoms with Crippen LogP contribution in [0.25, 0.3) is 10.8 Å². The molecule has 0 saturated carbocycles. The van der Waals surface area contributed by atoms with Crippen LogP contribution in [-0.2, 0) is 16.1 Å². The highest BCUT2D eigenvalue weighted by Crippen LogP contribution is 2.37. The molecule has 1 heterocycles. The molecule has 0 aliphatic carbocycles. The van der Waals surface area contributed by atoms with Gasteiger partial charge in [-0.2, -0.15) is 0 Å². The lowest BCUT2D eigenvalue weighted by Crippen LogP contribution is -2.46. The standard InChI is InChI=1S/C26H26ClN3O3/c1-17(25(32)28-2)30(16-19-8-3-4-12-21(19)27)23(31)14-7-15-29-22-13-6-10-18-9-5-11-20(24(18)22)26(29)33/h3-6,8-13,17H,7,14-16H2,1-2H3,(H,28,32)/t17-/m0/s1. The van der Waals surface area contributed by atoms with Crippen molar-refractivity contribution in [3.63, 3.8) is 0 Å². The minimum Gasteiger partial charge on any atom is -0.357 e. The van der Waals surface area contributed by atoms with Crippen LogP contribution in [-0.4, -0.2) is 42.3 Å². The summed E-state index contributed by atoms with van der Waals surface area (Å²) in [5.41, 5.74) is 2.36. The van der Waals surface area contributed by atoms with Crippen molar-refractivity contribution in [3.8, 4) is 0 Å².